The summed E-state index contributed by atoms with van der Waals surface area (Å²) in [4.78, 5) is 0. The van der Waals surface area contributed by atoms with Gasteiger partial charge in [0.1, 0.15) is 6.10 Å². The van der Waals surface area contributed by atoms with Gasteiger partial charge in [0.05, 0.1) is 18.8 Å². The summed E-state index contributed by atoms with van der Waals surface area (Å²) in [5.74, 6) is 0. The van der Waals surface area contributed by atoms with Crippen molar-refractivity contribution in [3.05, 3.63) is 35.9 Å². The molecule has 2 rings (SSSR count). The maximum Gasteiger partial charge on any atom is 0.192 e. The maximum atomic E-state index is 6.33. The standard InChI is InChI=1S/C18H30O3Si/c1-18(2,3)22(5,6)20-13-17-16(19-4)12-15(21-17)14-10-8-7-9-11-14/h7-11,15-17H,12-13H2,1-6H3/t15-,16+,17-/m0/s1. The maximum absolute atomic E-state index is 6.33. The molecule has 0 aromatic heterocycles. The van der Waals surface area contributed by atoms with E-state index in [2.05, 4.69) is 58.1 Å². The fraction of sp³-hybridized carbons (Fsp3) is 0.667. The minimum atomic E-state index is -1.75. The van der Waals surface area contributed by atoms with E-state index in [1.807, 2.05) is 6.07 Å². The summed E-state index contributed by atoms with van der Waals surface area (Å²) >= 11 is 0. The van der Waals surface area contributed by atoms with Crippen LogP contribution in [0.2, 0.25) is 18.1 Å². The summed E-state index contributed by atoms with van der Waals surface area (Å²) in [6.07, 6.45) is 1.13. The molecule has 1 aliphatic rings. The quantitative estimate of drug-likeness (QED) is 0.744. The molecule has 1 heterocycles. The smallest absolute Gasteiger partial charge is 0.192 e. The van der Waals surface area contributed by atoms with E-state index >= 15 is 0 Å². The average molecular weight is 323 g/mol. The zero-order valence-corrected chi connectivity index (χ0v) is 15.8. The molecule has 1 saturated heterocycles. The number of hydrogen-bond acceptors (Lipinski definition) is 3. The van der Waals surface area contributed by atoms with Crippen LogP contribution in [0.3, 0.4) is 0 Å². The highest BCUT2D eigenvalue weighted by Gasteiger charge is 2.41. The van der Waals surface area contributed by atoms with E-state index in [1.54, 1.807) is 7.11 Å². The Balaban J connectivity index is 1.99. The highest BCUT2D eigenvalue weighted by Crippen LogP contribution is 2.39. The lowest BCUT2D eigenvalue weighted by molar-refractivity contribution is -0.0316. The molecule has 1 fully saturated rings. The summed E-state index contributed by atoms with van der Waals surface area (Å²) in [6, 6.07) is 10.4. The van der Waals surface area contributed by atoms with Gasteiger partial charge in [-0.15, -0.1) is 0 Å². The molecule has 0 radical (unpaired) electrons. The first kappa shape index (κ1) is 17.7. The molecule has 22 heavy (non-hydrogen) atoms. The van der Waals surface area contributed by atoms with Crippen LogP contribution in [0.5, 0.6) is 0 Å². The normalized spacial score (nSPS) is 26.4. The predicted octanol–water partition coefficient (Wildman–Crippen LogP) is 4.55. The van der Waals surface area contributed by atoms with E-state index < -0.39 is 8.32 Å². The van der Waals surface area contributed by atoms with E-state index in [0.717, 1.165) is 6.42 Å². The molecule has 0 unspecified atom stereocenters. The van der Waals surface area contributed by atoms with Crippen molar-refractivity contribution in [1.29, 1.82) is 0 Å². The molecule has 0 saturated carbocycles. The number of methoxy groups -OCH3 is 1. The highest BCUT2D eigenvalue weighted by atomic mass is 28.4. The van der Waals surface area contributed by atoms with Crippen LogP contribution in [0.1, 0.15) is 38.9 Å². The second-order valence-corrected chi connectivity index (χ2v) is 12.5. The van der Waals surface area contributed by atoms with Gasteiger partial charge < -0.3 is 13.9 Å². The van der Waals surface area contributed by atoms with Crippen molar-refractivity contribution in [2.45, 2.75) is 63.6 Å². The van der Waals surface area contributed by atoms with Gasteiger partial charge >= 0.3 is 0 Å². The third-order valence-electron chi connectivity index (χ3n) is 5.09. The van der Waals surface area contributed by atoms with Gasteiger partial charge in [0, 0.05) is 13.5 Å². The van der Waals surface area contributed by atoms with E-state index in [9.17, 15) is 0 Å². The molecular weight excluding hydrogens is 292 g/mol. The second-order valence-electron chi connectivity index (χ2n) is 7.66. The molecule has 0 amide bonds. The Bertz CT molecular complexity index is 467. The first-order valence-corrected chi connectivity index (χ1v) is 11.0. The van der Waals surface area contributed by atoms with E-state index in [1.165, 1.54) is 5.56 Å². The third-order valence-corrected chi connectivity index (χ3v) is 9.59. The lowest BCUT2D eigenvalue weighted by Crippen LogP contribution is -2.44. The molecule has 4 heteroatoms. The minimum absolute atomic E-state index is 0.0179. The topological polar surface area (TPSA) is 27.7 Å². The van der Waals surface area contributed by atoms with Crippen LogP contribution in [-0.4, -0.2) is 34.2 Å². The third kappa shape index (κ3) is 3.99. The van der Waals surface area contributed by atoms with Gasteiger partial charge in [-0.3, -0.25) is 0 Å². The molecule has 0 aliphatic carbocycles. The Morgan fingerprint density at radius 1 is 1.18 bits per heavy atom. The Kier molecular flexibility index (Phi) is 5.48. The summed E-state index contributed by atoms with van der Waals surface area (Å²) in [6.45, 7) is 12.0. The average Bonchev–Trinajstić information content (AvgIpc) is 2.88. The molecule has 0 spiro atoms. The molecule has 3 nitrogen and oxygen atoms in total. The van der Waals surface area contributed by atoms with Crippen molar-refractivity contribution in [2.24, 2.45) is 0 Å². The Morgan fingerprint density at radius 3 is 2.36 bits per heavy atom. The summed E-state index contributed by atoms with van der Waals surface area (Å²) in [7, 11) is 0.0130. The van der Waals surface area contributed by atoms with Crippen LogP contribution in [0, 0.1) is 0 Å². The van der Waals surface area contributed by atoms with Crippen LogP contribution in [0.15, 0.2) is 30.3 Å². The van der Waals surface area contributed by atoms with Crippen LogP contribution >= 0.6 is 0 Å². The van der Waals surface area contributed by atoms with Crippen molar-refractivity contribution < 1.29 is 13.9 Å². The molecule has 124 valence electrons. The number of hydrogen-bond donors (Lipinski definition) is 0. The van der Waals surface area contributed by atoms with Gasteiger partial charge in [-0.2, -0.15) is 0 Å². The van der Waals surface area contributed by atoms with Crippen LogP contribution < -0.4 is 0 Å². The van der Waals surface area contributed by atoms with Crippen molar-refractivity contribution >= 4 is 8.32 Å². The van der Waals surface area contributed by atoms with E-state index in [4.69, 9.17) is 13.9 Å². The first-order chi connectivity index (χ1) is 10.2. The second kappa shape index (κ2) is 6.83. The van der Waals surface area contributed by atoms with Crippen LogP contribution in [-0.2, 0) is 13.9 Å². The molecule has 3 atom stereocenters. The summed E-state index contributed by atoms with van der Waals surface area (Å²) in [5, 5.41) is 0.215. The largest absolute Gasteiger partial charge is 0.414 e. The Morgan fingerprint density at radius 2 is 1.82 bits per heavy atom. The number of benzene rings is 1. The molecule has 1 aromatic rings. The summed E-state index contributed by atoms with van der Waals surface area (Å²) < 4.78 is 18.2. The van der Waals surface area contributed by atoms with Gasteiger partial charge in [-0.1, -0.05) is 51.1 Å². The van der Waals surface area contributed by atoms with Crippen molar-refractivity contribution in [3.63, 3.8) is 0 Å². The van der Waals surface area contributed by atoms with Gasteiger partial charge in [0.2, 0.25) is 0 Å². The fourth-order valence-corrected chi connectivity index (χ4v) is 3.51. The SMILES string of the molecule is CO[C@@H]1C[C@@H](c2ccccc2)O[C@H]1CO[Si](C)(C)C(C)(C)C. The van der Waals surface area contributed by atoms with Gasteiger partial charge in [-0.05, 0) is 23.7 Å². The zero-order valence-electron chi connectivity index (χ0n) is 14.8. The lowest BCUT2D eigenvalue weighted by Gasteiger charge is -2.37. The van der Waals surface area contributed by atoms with Crippen molar-refractivity contribution in [1.82, 2.24) is 0 Å². The summed E-state index contributed by atoms with van der Waals surface area (Å²) in [5.41, 5.74) is 1.22. The molecule has 0 N–H and O–H groups in total. The van der Waals surface area contributed by atoms with Crippen LogP contribution in [0.4, 0.5) is 0 Å². The molecule has 1 aliphatic heterocycles. The van der Waals surface area contributed by atoms with Crippen molar-refractivity contribution in [2.75, 3.05) is 13.7 Å². The van der Waals surface area contributed by atoms with E-state index in [0.29, 0.717) is 6.61 Å². The Hall–Kier alpha value is -0.683. The monoisotopic (exact) mass is 322 g/mol. The number of ether oxygens (including phenoxy) is 2. The van der Waals surface area contributed by atoms with Gasteiger partial charge in [0.15, 0.2) is 8.32 Å². The minimum Gasteiger partial charge on any atom is -0.414 e. The first-order valence-electron chi connectivity index (χ1n) is 8.12. The highest BCUT2D eigenvalue weighted by molar-refractivity contribution is 6.74. The zero-order chi connectivity index (χ0) is 16.4. The number of rotatable bonds is 5. The lowest BCUT2D eigenvalue weighted by atomic mass is 10.0. The molecular formula is C18H30O3Si. The van der Waals surface area contributed by atoms with Crippen LogP contribution in [0.25, 0.3) is 0 Å². The fourth-order valence-electron chi connectivity index (χ4n) is 2.50. The van der Waals surface area contributed by atoms with Gasteiger partial charge in [0.25, 0.3) is 0 Å². The molecule has 1 aromatic carbocycles. The van der Waals surface area contributed by atoms with Gasteiger partial charge in [-0.25, -0.2) is 0 Å². The molecule has 0 bridgehead atoms. The van der Waals surface area contributed by atoms with E-state index in [-0.39, 0.29) is 23.4 Å². The predicted molar refractivity (Wildman–Crippen MR) is 92.6 cm³/mol. The Labute approximate surface area is 136 Å². The van der Waals surface area contributed by atoms with Crippen molar-refractivity contribution in [3.8, 4) is 0 Å².